The summed E-state index contributed by atoms with van der Waals surface area (Å²) in [6, 6.07) is 0. The molecule has 2 rings (SSSR count). The van der Waals surface area contributed by atoms with Gasteiger partial charge >= 0.3 is 0 Å². The lowest BCUT2D eigenvalue weighted by atomic mass is 9.55. The van der Waals surface area contributed by atoms with Gasteiger partial charge in [0.1, 0.15) is 5.78 Å². The lowest BCUT2D eigenvalue weighted by Crippen LogP contribution is -2.46. The average molecular weight is 250 g/mol. The molecule has 0 N–H and O–H groups in total. The molecule has 0 radical (unpaired) electrons. The van der Waals surface area contributed by atoms with Crippen LogP contribution in [0, 0.1) is 16.7 Å². The molecule has 0 spiro atoms. The lowest BCUT2D eigenvalue weighted by Gasteiger charge is -2.47. The van der Waals surface area contributed by atoms with E-state index in [1.165, 1.54) is 51.4 Å². The van der Waals surface area contributed by atoms with Crippen LogP contribution in [-0.2, 0) is 4.79 Å². The fourth-order valence-electron chi connectivity index (χ4n) is 4.39. The standard InChI is InChI=1S/C17H30O/c1-16(2)13-9-8-12-15(18)17(16,3)14-10-6-4-5-7-11-14/h14H,4-13H2,1-3H3. The van der Waals surface area contributed by atoms with Crippen molar-refractivity contribution in [3.63, 3.8) is 0 Å². The van der Waals surface area contributed by atoms with Crippen molar-refractivity contribution in [1.82, 2.24) is 0 Å². The Morgan fingerprint density at radius 1 is 0.889 bits per heavy atom. The highest BCUT2D eigenvalue weighted by Gasteiger charge is 2.51. The number of ketones is 1. The molecule has 2 fully saturated rings. The van der Waals surface area contributed by atoms with E-state index in [0.29, 0.717) is 11.7 Å². The summed E-state index contributed by atoms with van der Waals surface area (Å²) in [5, 5.41) is 0. The molecule has 0 aliphatic heterocycles. The molecule has 1 atom stereocenters. The Hall–Kier alpha value is -0.330. The Morgan fingerprint density at radius 2 is 1.50 bits per heavy atom. The van der Waals surface area contributed by atoms with Gasteiger partial charge in [0.25, 0.3) is 0 Å². The molecule has 2 aliphatic rings. The SMILES string of the molecule is CC1(C)CCCCC(=O)C1(C)C1CCCCCC1. The fraction of sp³-hybridized carbons (Fsp3) is 0.941. The first kappa shape index (κ1) is 14.1. The van der Waals surface area contributed by atoms with Gasteiger partial charge in [-0.3, -0.25) is 4.79 Å². The maximum Gasteiger partial charge on any atom is 0.139 e. The van der Waals surface area contributed by atoms with Crippen LogP contribution in [0.15, 0.2) is 0 Å². The van der Waals surface area contributed by atoms with Crippen molar-refractivity contribution < 1.29 is 4.79 Å². The summed E-state index contributed by atoms with van der Waals surface area (Å²) in [5.41, 5.74) is 0.128. The fourth-order valence-corrected chi connectivity index (χ4v) is 4.39. The van der Waals surface area contributed by atoms with Gasteiger partial charge in [-0.05, 0) is 37.0 Å². The Bertz CT molecular complexity index is 297. The summed E-state index contributed by atoms with van der Waals surface area (Å²) in [6.07, 6.45) is 12.4. The molecule has 1 unspecified atom stereocenters. The molecule has 0 aromatic carbocycles. The van der Waals surface area contributed by atoms with E-state index in [0.717, 1.165) is 12.8 Å². The summed E-state index contributed by atoms with van der Waals surface area (Å²) < 4.78 is 0. The van der Waals surface area contributed by atoms with Gasteiger partial charge in [0.05, 0.1) is 0 Å². The minimum absolute atomic E-state index is 0.0617. The first-order valence-corrected chi connectivity index (χ1v) is 8.02. The van der Waals surface area contributed by atoms with E-state index < -0.39 is 0 Å². The largest absolute Gasteiger partial charge is 0.299 e. The van der Waals surface area contributed by atoms with E-state index in [2.05, 4.69) is 20.8 Å². The summed E-state index contributed by atoms with van der Waals surface area (Å²) in [4.78, 5) is 12.8. The zero-order valence-electron chi connectivity index (χ0n) is 12.6. The van der Waals surface area contributed by atoms with Crippen LogP contribution in [0.2, 0.25) is 0 Å². The van der Waals surface area contributed by atoms with Crippen molar-refractivity contribution in [3.8, 4) is 0 Å². The normalized spacial score (nSPS) is 34.9. The highest BCUT2D eigenvalue weighted by Crippen LogP contribution is 2.54. The van der Waals surface area contributed by atoms with Crippen LogP contribution >= 0.6 is 0 Å². The molecule has 18 heavy (non-hydrogen) atoms. The topological polar surface area (TPSA) is 17.1 Å². The molecule has 0 aromatic heterocycles. The molecule has 1 nitrogen and oxygen atoms in total. The van der Waals surface area contributed by atoms with Crippen LogP contribution in [0.25, 0.3) is 0 Å². The average Bonchev–Trinajstić information content (AvgIpc) is 2.65. The molecular weight excluding hydrogens is 220 g/mol. The third-order valence-electron chi connectivity index (χ3n) is 6.11. The van der Waals surface area contributed by atoms with Gasteiger partial charge in [0, 0.05) is 11.8 Å². The zero-order valence-corrected chi connectivity index (χ0v) is 12.6. The highest BCUT2D eigenvalue weighted by molar-refractivity contribution is 5.86. The van der Waals surface area contributed by atoms with Crippen LogP contribution < -0.4 is 0 Å². The molecule has 2 saturated carbocycles. The molecular formula is C17H30O. The number of hydrogen-bond donors (Lipinski definition) is 0. The number of carbonyl (C=O) groups excluding carboxylic acids is 1. The van der Waals surface area contributed by atoms with Crippen LogP contribution in [0.5, 0.6) is 0 Å². The Balaban J connectivity index is 2.29. The second kappa shape index (κ2) is 5.35. The van der Waals surface area contributed by atoms with Crippen molar-refractivity contribution in [2.75, 3.05) is 0 Å². The monoisotopic (exact) mass is 250 g/mol. The van der Waals surface area contributed by atoms with Crippen molar-refractivity contribution >= 4 is 5.78 Å². The molecule has 1 heteroatoms. The summed E-state index contributed by atoms with van der Waals surface area (Å²) >= 11 is 0. The Labute approximate surface area is 113 Å². The lowest BCUT2D eigenvalue weighted by molar-refractivity contribution is -0.139. The van der Waals surface area contributed by atoms with Gasteiger partial charge in [0.15, 0.2) is 0 Å². The van der Waals surface area contributed by atoms with Gasteiger partial charge in [-0.1, -0.05) is 52.9 Å². The maximum atomic E-state index is 12.8. The van der Waals surface area contributed by atoms with Gasteiger partial charge < -0.3 is 0 Å². The van der Waals surface area contributed by atoms with Crippen LogP contribution in [-0.4, -0.2) is 5.78 Å². The van der Waals surface area contributed by atoms with Crippen molar-refractivity contribution in [2.24, 2.45) is 16.7 Å². The van der Waals surface area contributed by atoms with Crippen molar-refractivity contribution in [1.29, 1.82) is 0 Å². The smallest absolute Gasteiger partial charge is 0.139 e. The molecule has 104 valence electrons. The maximum absolute atomic E-state index is 12.8. The number of hydrogen-bond acceptors (Lipinski definition) is 1. The van der Waals surface area contributed by atoms with Crippen LogP contribution in [0.3, 0.4) is 0 Å². The number of Topliss-reactive ketones (excluding diaryl/α,β-unsaturated/α-hetero) is 1. The highest BCUT2D eigenvalue weighted by atomic mass is 16.1. The molecule has 0 bridgehead atoms. The minimum Gasteiger partial charge on any atom is -0.299 e. The second-order valence-electron chi connectivity index (χ2n) is 7.41. The molecule has 2 aliphatic carbocycles. The van der Waals surface area contributed by atoms with Crippen LogP contribution in [0.1, 0.15) is 85.0 Å². The second-order valence-corrected chi connectivity index (χ2v) is 7.41. The third-order valence-corrected chi connectivity index (χ3v) is 6.11. The van der Waals surface area contributed by atoms with Gasteiger partial charge in [-0.2, -0.15) is 0 Å². The quantitative estimate of drug-likeness (QED) is 0.589. The van der Waals surface area contributed by atoms with Gasteiger partial charge in [-0.25, -0.2) is 0 Å². The van der Waals surface area contributed by atoms with Crippen LogP contribution in [0.4, 0.5) is 0 Å². The zero-order chi connectivity index (χ0) is 13.2. The van der Waals surface area contributed by atoms with Gasteiger partial charge in [0.2, 0.25) is 0 Å². The van der Waals surface area contributed by atoms with E-state index in [1.807, 2.05) is 0 Å². The predicted molar refractivity (Wildman–Crippen MR) is 76.6 cm³/mol. The number of rotatable bonds is 1. The van der Waals surface area contributed by atoms with E-state index in [4.69, 9.17) is 0 Å². The molecule has 0 heterocycles. The van der Waals surface area contributed by atoms with E-state index >= 15 is 0 Å². The van der Waals surface area contributed by atoms with E-state index in [-0.39, 0.29) is 10.8 Å². The minimum atomic E-state index is -0.0617. The predicted octanol–water partition coefficient (Wildman–Crippen LogP) is 5.13. The van der Waals surface area contributed by atoms with E-state index in [1.54, 1.807) is 0 Å². The Morgan fingerprint density at radius 3 is 2.11 bits per heavy atom. The Kier molecular flexibility index (Phi) is 4.18. The number of carbonyl (C=O) groups is 1. The third kappa shape index (κ3) is 2.38. The van der Waals surface area contributed by atoms with E-state index in [9.17, 15) is 4.79 Å². The summed E-state index contributed by atoms with van der Waals surface area (Å²) in [5.74, 6) is 1.21. The molecule has 0 amide bonds. The summed E-state index contributed by atoms with van der Waals surface area (Å²) in [6.45, 7) is 7.00. The van der Waals surface area contributed by atoms with Crippen molar-refractivity contribution in [2.45, 2.75) is 85.0 Å². The first-order valence-electron chi connectivity index (χ1n) is 8.02. The van der Waals surface area contributed by atoms with Gasteiger partial charge in [-0.15, -0.1) is 0 Å². The van der Waals surface area contributed by atoms with Crippen molar-refractivity contribution in [3.05, 3.63) is 0 Å². The molecule has 0 aromatic rings. The summed E-state index contributed by atoms with van der Waals surface area (Å²) in [7, 11) is 0. The molecule has 0 saturated heterocycles. The first-order chi connectivity index (χ1) is 8.48.